The minimum Gasteiger partial charge on any atom is -0.374 e. The van der Waals surface area contributed by atoms with Crippen molar-refractivity contribution in [3.05, 3.63) is 0 Å². The molecular formula is C14H29N3O2. The zero-order valence-electron chi connectivity index (χ0n) is 13.0. The molecule has 1 N–H and O–H groups in total. The fourth-order valence-corrected chi connectivity index (χ4v) is 2.63. The van der Waals surface area contributed by atoms with E-state index in [-0.39, 0.29) is 24.1 Å². The van der Waals surface area contributed by atoms with Gasteiger partial charge in [0.05, 0.1) is 19.3 Å². The van der Waals surface area contributed by atoms with Gasteiger partial charge in [0, 0.05) is 31.7 Å². The number of ether oxygens (including phenoxy) is 1. The summed E-state index contributed by atoms with van der Waals surface area (Å²) in [5.41, 5.74) is 0. The highest BCUT2D eigenvalue weighted by Gasteiger charge is 2.22. The van der Waals surface area contributed by atoms with Gasteiger partial charge in [-0.15, -0.1) is 0 Å². The summed E-state index contributed by atoms with van der Waals surface area (Å²) in [6.45, 7) is 12.1. The third-order valence-corrected chi connectivity index (χ3v) is 3.33. The maximum Gasteiger partial charge on any atom is 0.237 e. The van der Waals surface area contributed by atoms with E-state index < -0.39 is 0 Å². The Bertz CT molecular complexity index is 268. The van der Waals surface area contributed by atoms with Crippen molar-refractivity contribution >= 4 is 5.91 Å². The number of nitrogens with zero attached hydrogens (tertiary/aromatic N) is 2. The molecule has 1 heterocycles. The highest BCUT2D eigenvalue weighted by molar-refractivity contribution is 5.78. The first-order valence-electron chi connectivity index (χ1n) is 7.23. The van der Waals surface area contributed by atoms with Gasteiger partial charge in [-0.3, -0.25) is 9.69 Å². The average Bonchev–Trinajstić information content (AvgIpc) is 2.28. The van der Waals surface area contributed by atoms with Gasteiger partial charge in [-0.2, -0.15) is 0 Å². The lowest BCUT2D eigenvalue weighted by Crippen LogP contribution is -2.49. The van der Waals surface area contributed by atoms with Crippen LogP contribution in [0.4, 0.5) is 0 Å². The average molecular weight is 271 g/mol. The topological polar surface area (TPSA) is 44.8 Å². The van der Waals surface area contributed by atoms with Crippen molar-refractivity contribution in [3.8, 4) is 0 Å². The molecule has 1 aliphatic heterocycles. The van der Waals surface area contributed by atoms with E-state index in [0.29, 0.717) is 6.54 Å². The highest BCUT2D eigenvalue weighted by Crippen LogP contribution is 2.07. The van der Waals surface area contributed by atoms with Crippen LogP contribution in [-0.4, -0.2) is 73.7 Å². The van der Waals surface area contributed by atoms with Crippen LogP contribution in [0.3, 0.4) is 0 Å². The number of hydrogen-bond donors (Lipinski definition) is 1. The quantitative estimate of drug-likeness (QED) is 0.766. The Morgan fingerprint density at radius 3 is 2.42 bits per heavy atom. The SMILES string of the molecule is CC(C)N(C(=O)CN(C)CC1CNCCO1)C(C)C. The maximum atomic E-state index is 12.3. The smallest absolute Gasteiger partial charge is 0.237 e. The second-order valence-corrected chi connectivity index (χ2v) is 5.88. The summed E-state index contributed by atoms with van der Waals surface area (Å²) in [6.07, 6.45) is 0.193. The van der Waals surface area contributed by atoms with Crippen LogP contribution < -0.4 is 5.32 Å². The molecule has 0 radical (unpaired) electrons. The van der Waals surface area contributed by atoms with Gasteiger partial charge in [0.2, 0.25) is 5.91 Å². The Balaban J connectivity index is 2.41. The van der Waals surface area contributed by atoms with Gasteiger partial charge in [-0.25, -0.2) is 0 Å². The monoisotopic (exact) mass is 271 g/mol. The first kappa shape index (κ1) is 16.4. The summed E-state index contributed by atoms with van der Waals surface area (Å²) in [4.78, 5) is 16.3. The minimum atomic E-state index is 0.191. The van der Waals surface area contributed by atoms with Crippen LogP contribution >= 0.6 is 0 Å². The number of likely N-dealkylation sites (N-methyl/N-ethyl adjacent to an activating group) is 1. The molecule has 1 aliphatic rings. The number of amides is 1. The normalized spacial score (nSPS) is 20.3. The molecule has 1 amide bonds. The van der Waals surface area contributed by atoms with E-state index in [1.807, 2.05) is 11.9 Å². The summed E-state index contributed by atoms with van der Waals surface area (Å²) in [7, 11) is 1.98. The van der Waals surface area contributed by atoms with E-state index in [1.54, 1.807) is 0 Å². The van der Waals surface area contributed by atoms with Crippen molar-refractivity contribution in [1.82, 2.24) is 15.1 Å². The van der Waals surface area contributed by atoms with Crippen molar-refractivity contribution in [2.24, 2.45) is 0 Å². The Kier molecular flexibility index (Phi) is 6.75. The molecule has 1 saturated heterocycles. The van der Waals surface area contributed by atoms with E-state index >= 15 is 0 Å². The van der Waals surface area contributed by atoms with Crippen molar-refractivity contribution in [1.29, 1.82) is 0 Å². The first-order chi connectivity index (χ1) is 8.91. The van der Waals surface area contributed by atoms with E-state index in [4.69, 9.17) is 4.74 Å². The third kappa shape index (κ3) is 5.47. The van der Waals surface area contributed by atoms with Gasteiger partial charge < -0.3 is 15.0 Å². The van der Waals surface area contributed by atoms with Crippen LogP contribution in [0.1, 0.15) is 27.7 Å². The minimum absolute atomic E-state index is 0.191. The predicted molar refractivity (Wildman–Crippen MR) is 77.2 cm³/mol. The molecule has 5 nitrogen and oxygen atoms in total. The zero-order chi connectivity index (χ0) is 14.4. The van der Waals surface area contributed by atoms with Crippen molar-refractivity contribution in [2.75, 3.05) is 39.8 Å². The molecule has 1 fully saturated rings. The van der Waals surface area contributed by atoms with Crippen LogP contribution in [0, 0.1) is 0 Å². The van der Waals surface area contributed by atoms with Crippen molar-refractivity contribution in [2.45, 2.75) is 45.9 Å². The number of morpholine rings is 1. The van der Waals surface area contributed by atoms with Gasteiger partial charge >= 0.3 is 0 Å². The molecular weight excluding hydrogens is 242 g/mol. The summed E-state index contributed by atoms with van der Waals surface area (Å²) in [5.74, 6) is 0.191. The van der Waals surface area contributed by atoms with E-state index in [0.717, 1.165) is 26.2 Å². The van der Waals surface area contributed by atoms with Gasteiger partial charge in [0.1, 0.15) is 0 Å². The molecule has 0 aromatic carbocycles. The Morgan fingerprint density at radius 2 is 1.95 bits per heavy atom. The second kappa shape index (κ2) is 7.82. The standard InChI is InChI=1S/C14H29N3O2/c1-11(2)17(12(3)4)14(18)10-16(5)9-13-8-15-6-7-19-13/h11-13,15H,6-10H2,1-5H3. The molecule has 19 heavy (non-hydrogen) atoms. The molecule has 112 valence electrons. The van der Waals surface area contributed by atoms with Crippen LogP contribution in [0.25, 0.3) is 0 Å². The van der Waals surface area contributed by atoms with E-state index in [1.165, 1.54) is 0 Å². The van der Waals surface area contributed by atoms with Crippen molar-refractivity contribution in [3.63, 3.8) is 0 Å². The van der Waals surface area contributed by atoms with E-state index in [2.05, 4.69) is 37.9 Å². The molecule has 0 aliphatic carbocycles. The van der Waals surface area contributed by atoms with Crippen LogP contribution in [0.2, 0.25) is 0 Å². The van der Waals surface area contributed by atoms with Crippen LogP contribution in [-0.2, 0) is 9.53 Å². The number of carbonyl (C=O) groups is 1. The highest BCUT2D eigenvalue weighted by atomic mass is 16.5. The predicted octanol–water partition coefficient (Wildman–Crippen LogP) is 0.552. The second-order valence-electron chi connectivity index (χ2n) is 5.88. The lowest BCUT2D eigenvalue weighted by atomic mass is 10.2. The maximum absolute atomic E-state index is 12.3. The number of hydrogen-bond acceptors (Lipinski definition) is 4. The Morgan fingerprint density at radius 1 is 1.32 bits per heavy atom. The molecule has 1 unspecified atom stereocenters. The van der Waals surface area contributed by atoms with Crippen LogP contribution in [0.15, 0.2) is 0 Å². The lowest BCUT2D eigenvalue weighted by Gasteiger charge is -2.33. The van der Waals surface area contributed by atoms with Gasteiger partial charge in [0.15, 0.2) is 0 Å². The summed E-state index contributed by atoms with van der Waals surface area (Å²) in [6, 6.07) is 0.488. The van der Waals surface area contributed by atoms with Gasteiger partial charge in [0.25, 0.3) is 0 Å². The number of rotatable bonds is 6. The molecule has 5 heteroatoms. The molecule has 0 saturated carbocycles. The molecule has 1 atom stereocenters. The summed E-state index contributed by atoms with van der Waals surface area (Å²) >= 11 is 0. The molecule has 0 aromatic rings. The Hall–Kier alpha value is -0.650. The number of carbonyl (C=O) groups excluding carboxylic acids is 1. The summed E-state index contributed by atoms with van der Waals surface area (Å²) < 4.78 is 5.66. The first-order valence-corrected chi connectivity index (χ1v) is 7.23. The summed E-state index contributed by atoms with van der Waals surface area (Å²) in [5, 5.41) is 3.31. The van der Waals surface area contributed by atoms with E-state index in [9.17, 15) is 4.79 Å². The van der Waals surface area contributed by atoms with Crippen LogP contribution in [0.5, 0.6) is 0 Å². The largest absolute Gasteiger partial charge is 0.374 e. The van der Waals surface area contributed by atoms with Gasteiger partial charge in [-0.05, 0) is 34.7 Å². The molecule has 0 spiro atoms. The molecule has 0 aromatic heterocycles. The fraction of sp³-hybridized carbons (Fsp3) is 0.929. The fourth-order valence-electron chi connectivity index (χ4n) is 2.63. The van der Waals surface area contributed by atoms with Gasteiger partial charge in [-0.1, -0.05) is 0 Å². The molecule has 1 rings (SSSR count). The Labute approximate surface area is 117 Å². The third-order valence-electron chi connectivity index (χ3n) is 3.33. The lowest BCUT2D eigenvalue weighted by molar-refractivity contribution is -0.136. The molecule has 0 bridgehead atoms. The number of nitrogens with one attached hydrogen (secondary N) is 1. The zero-order valence-corrected chi connectivity index (χ0v) is 13.0. The van der Waals surface area contributed by atoms with Crippen molar-refractivity contribution < 1.29 is 9.53 Å².